The molecule has 0 atom stereocenters. The predicted octanol–water partition coefficient (Wildman–Crippen LogP) is 5.83. The molecule has 0 aliphatic heterocycles. The van der Waals surface area contributed by atoms with Crippen molar-refractivity contribution in [2.75, 3.05) is 0 Å². The number of thiophene rings is 1. The first-order valence-corrected chi connectivity index (χ1v) is 11.3. The van der Waals surface area contributed by atoms with Gasteiger partial charge in [-0.2, -0.15) is 5.10 Å². The Morgan fingerprint density at radius 3 is 2.87 bits per heavy atom. The lowest BCUT2D eigenvalue weighted by atomic mass is 9.97. The minimum absolute atomic E-state index is 0.0727. The minimum atomic E-state index is -0.0727. The van der Waals surface area contributed by atoms with Crippen LogP contribution in [0.2, 0.25) is 10.2 Å². The zero-order valence-corrected chi connectivity index (χ0v) is 18.5. The number of H-pyrrole nitrogens is 1. The molecule has 30 heavy (non-hydrogen) atoms. The van der Waals surface area contributed by atoms with E-state index in [1.165, 1.54) is 16.9 Å². The third-order valence-corrected chi connectivity index (χ3v) is 7.14. The van der Waals surface area contributed by atoms with E-state index in [1.807, 2.05) is 25.1 Å². The molecule has 0 amide bonds. The first-order valence-electron chi connectivity index (χ1n) is 9.75. The summed E-state index contributed by atoms with van der Waals surface area (Å²) in [5.74, 6) is 0.511. The number of rotatable bonds is 3. The monoisotopic (exact) mass is 456 g/mol. The normalized spacial score (nSPS) is 14.0. The van der Waals surface area contributed by atoms with Crippen LogP contribution in [-0.4, -0.2) is 19.7 Å². The van der Waals surface area contributed by atoms with Gasteiger partial charge in [-0.25, -0.2) is 9.67 Å². The van der Waals surface area contributed by atoms with Crippen molar-refractivity contribution in [1.82, 2.24) is 19.7 Å². The molecule has 3 heterocycles. The van der Waals surface area contributed by atoms with E-state index in [4.69, 9.17) is 23.2 Å². The van der Waals surface area contributed by atoms with Gasteiger partial charge >= 0.3 is 0 Å². The van der Waals surface area contributed by atoms with Crippen LogP contribution in [0.15, 0.2) is 29.1 Å². The van der Waals surface area contributed by atoms with Crippen LogP contribution in [0.5, 0.6) is 0 Å². The van der Waals surface area contributed by atoms with Crippen LogP contribution in [0.1, 0.15) is 40.4 Å². The third kappa shape index (κ3) is 3.39. The highest BCUT2D eigenvalue weighted by molar-refractivity contribution is 7.18. The summed E-state index contributed by atoms with van der Waals surface area (Å²) in [4.78, 5) is 22.4. The maximum Gasteiger partial charge on any atom is 0.260 e. The van der Waals surface area contributed by atoms with Crippen molar-refractivity contribution in [3.8, 4) is 5.69 Å². The predicted molar refractivity (Wildman–Crippen MR) is 124 cm³/mol. The lowest BCUT2D eigenvalue weighted by Crippen LogP contribution is -2.11. The first kappa shape index (κ1) is 19.5. The molecule has 8 heteroatoms. The maximum absolute atomic E-state index is 12.7. The molecular formula is C22H18Cl2N4OS. The number of nitrogens with one attached hydrogen (secondary N) is 1. The number of nitrogens with zero attached hydrogens (tertiary/aromatic N) is 3. The van der Waals surface area contributed by atoms with E-state index in [0.717, 1.165) is 46.4 Å². The van der Waals surface area contributed by atoms with Crippen LogP contribution in [0.4, 0.5) is 0 Å². The molecule has 152 valence electrons. The first-order chi connectivity index (χ1) is 14.5. The van der Waals surface area contributed by atoms with E-state index in [0.29, 0.717) is 16.0 Å². The lowest BCUT2D eigenvalue weighted by molar-refractivity contribution is 0.700. The molecule has 0 saturated heterocycles. The number of hydrogen-bond acceptors (Lipinski definition) is 4. The summed E-state index contributed by atoms with van der Waals surface area (Å²) < 4.78 is 1.65. The van der Waals surface area contributed by atoms with Crippen LogP contribution in [0.3, 0.4) is 0 Å². The molecule has 1 N–H and O–H groups in total. The van der Waals surface area contributed by atoms with Gasteiger partial charge in [-0.15, -0.1) is 11.3 Å². The topological polar surface area (TPSA) is 63.6 Å². The van der Waals surface area contributed by atoms with Gasteiger partial charge in [0.15, 0.2) is 0 Å². The Hall–Kier alpha value is -2.41. The van der Waals surface area contributed by atoms with Crippen molar-refractivity contribution in [1.29, 1.82) is 0 Å². The molecule has 0 radical (unpaired) electrons. The fourth-order valence-corrected chi connectivity index (χ4v) is 5.69. The van der Waals surface area contributed by atoms with Crippen molar-refractivity contribution in [3.63, 3.8) is 0 Å². The van der Waals surface area contributed by atoms with Gasteiger partial charge in [-0.1, -0.05) is 29.3 Å². The van der Waals surface area contributed by atoms with Crippen LogP contribution in [0, 0.1) is 6.92 Å². The van der Waals surface area contributed by atoms with Crippen molar-refractivity contribution in [3.05, 3.63) is 72.3 Å². The highest BCUT2D eigenvalue weighted by Gasteiger charge is 2.19. The van der Waals surface area contributed by atoms with Gasteiger partial charge in [0.1, 0.15) is 15.8 Å². The molecule has 0 bridgehead atoms. The van der Waals surface area contributed by atoms with Gasteiger partial charge in [0, 0.05) is 15.5 Å². The quantitative estimate of drug-likeness (QED) is 0.421. The summed E-state index contributed by atoms with van der Waals surface area (Å²) in [5, 5.41) is 6.38. The number of benzene rings is 1. The Morgan fingerprint density at radius 1 is 1.20 bits per heavy atom. The van der Waals surface area contributed by atoms with Crippen molar-refractivity contribution >= 4 is 56.9 Å². The molecule has 1 aliphatic carbocycles. The highest BCUT2D eigenvalue weighted by atomic mass is 35.5. The molecule has 1 aromatic carbocycles. The van der Waals surface area contributed by atoms with E-state index in [1.54, 1.807) is 34.2 Å². The zero-order chi connectivity index (χ0) is 20.8. The van der Waals surface area contributed by atoms with Crippen LogP contribution in [0.25, 0.3) is 28.1 Å². The fourth-order valence-electron chi connectivity index (χ4n) is 3.90. The zero-order valence-electron chi connectivity index (χ0n) is 16.2. The second-order valence-corrected chi connectivity index (χ2v) is 9.24. The molecule has 0 spiro atoms. The maximum atomic E-state index is 12.7. The van der Waals surface area contributed by atoms with Crippen molar-refractivity contribution in [2.24, 2.45) is 0 Å². The molecule has 1 aliphatic rings. The van der Waals surface area contributed by atoms with Gasteiger partial charge < -0.3 is 4.98 Å². The number of halogens is 2. The molecule has 4 aromatic rings. The van der Waals surface area contributed by atoms with E-state index >= 15 is 0 Å². The third-order valence-electron chi connectivity index (χ3n) is 5.35. The molecule has 0 saturated carbocycles. The number of aryl methyl sites for hydroxylation is 3. The van der Waals surface area contributed by atoms with Gasteiger partial charge in [-0.05, 0) is 68.5 Å². The van der Waals surface area contributed by atoms with E-state index in [2.05, 4.69) is 15.1 Å². The van der Waals surface area contributed by atoms with Gasteiger partial charge in [0.2, 0.25) is 0 Å². The molecule has 3 aromatic heterocycles. The second-order valence-electron chi connectivity index (χ2n) is 7.36. The fraction of sp³-hybridized carbons (Fsp3) is 0.227. The van der Waals surface area contributed by atoms with Gasteiger partial charge in [0.05, 0.1) is 16.8 Å². The van der Waals surface area contributed by atoms with E-state index in [-0.39, 0.29) is 5.56 Å². The second kappa shape index (κ2) is 7.69. The number of aromatic amines is 1. The Bertz CT molecular complexity index is 1370. The largest absolute Gasteiger partial charge is 0.306 e. The van der Waals surface area contributed by atoms with Crippen molar-refractivity contribution in [2.45, 2.75) is 32.6 Å². The van der Waals surface area contributed by atoms with Crippen LogP contribution in [-0.2, 0) is 12.8 Å². The average molecular weight is 457 g/mol. The highest BCUT2D eigenvalue weighted by Crippen LogP contribution is 2.33. The minimum Gasteiger partial charge on any atom is -0.306 e. The smallest absolute Gasteiger partial charge is 0.260 e. The molecule has 5 nitrogen and oxygen atoms in total. The van der Waals surface area contributed by atoms with Gasteiger partial charge in [0.25, 0.3) is 5.56 Å². The standard InChI is InChI=1S/C22H18Cl2N4OS/c1-12-15(20(24)28(27-12)14-6-4-5-13(23)11-14)9-10-18-25-21(29)19-16-7-2-3-8-17(16)30-22(19)26-18/h4-6,9-11H,2-3,7-8H2,1H3,(H,25,26,29). The summed E-state index contributed by atoms with van der Waals surface area (Å²) in [6, 6.07) is 7.35. The SMILES string of the molecule is Cc1nn(-c2cccc(Cl)c2)c(Cl)c1C=Cc1nc2sc3c(c2c(=O)[nH]1)CCCC3. The molecular weight excluding hydrogens is 439 g/mol. The van der Waals surface area contributed by atoms with E-state index in [9.17, 15) is 4.79 Å². The van der Waals surface area contributed by atoms with Crippen LogP contribution >= 0.6 is 34.5 Å². The lowest BCUT2D eigenvalue weighted by Gasteiger charge is -2.09. The number of fused-ring (bicyclic) bond motifs is 3. The molecule has 5 rings (SSSR count). The summed E-state index contributed by atoms with van der Waals surface area (Å²) in [5.41, 5.74) is 3.44. The van der Waals surface area contributed by atoms with Gasteiger partial charge in [-0.3, -0.25) is 4.79 Å². The summed E-state index contributed by atoms with van der Waals surface area (Å²) in [6.45, 7) is 1.89. The van der Waals surface area contributed by atoms with Crippen LogP contribution < -0.4 is 5.56 Å². The van der Waals surface area contributed by atoms with E-state index < -0.39 is 0 Å². The summed E-state index contributed by atoms with van der Waals surface area (Å²) >= 11 is 14.3. The Labute approximate surface area is 187 Å². The number of hydrogen-bond donors (Lipinski definition) is 1. The molecule has 0 fully saturated rings. The summed E-state index contributed by atoms with van der Waals surface area (Å²) in [6.07, 6.45) is 7.93. The van der Waals surface area contributed by atoms with Crippen molar-refractivity contribution < 1.29 is 0 Å². The number of aromatic nitrogens is 4. The molecule has 0 unspecified atom stereocenters. The Morgan fingerprint density at radius 2 is 2.03 bits per heavy atom. The Kier molecular flexibility index (Phi) is 5.01. The average Bonchev–Trinajstić information content (AvgIpc) is 3.23. The summed E-state index contributed by atoms with van der Waals surface area (Å²) in [7, 11) is 0. The Balaban J connectivity index is 1.53.